The van der Waals surface area contributed by atoms with E-state index in [4.69, 9.17) is 12.6 Å². The SMILES string of the molecule is Cc1ccccc1[S-].[Br-].[Mg+2]. The van der Waals surface area contributed by atoms with Gasteiger partial charge in [-0.15, -0.1) is 0 Å². The number of benzene rings is 1. The minimum absolute atomic E-state index is 0. The first kappa shape index (κ1) is 13.3. The van der Waals surface area contributed by atoms with Gasteiger partial charge in [0.2, 0.25) is 0 Å². The Morgan fingerprint density at radius 1 is 1.20 bits per heavy atom. The molecule has 0 saturated carbocycles. The van der Waals surface area contributed by atoms with Gasteiger partial charge in [-0.25, -0.2) is 0 Å². The van der Waals surface area contributed by atoms with Gasteiger partial charge in [-0.2, -0.15) is 4.90 Å². The molecule has 0 N–H and O–H groups in total. The van der Waals surface area contributed by atoms with Gasteiger partial charge < -0.3 is 29.6 Å². The Morgan fingerprint density at radius 3 is 2.00 bits per heavy atom. The van der Waals surface area contributed by atoms with Gasteiger partial charge >= 0.3 is 23.1 Å². The van der Waals surface area contributed by atoms with Gasteiger partial charge in [0.1, 0.15) is 0 Å². The van der Waals surface area contributed by atoms with Gasteiger partial charge in [0.25, 0.3) is 0 Å². The quantitative estimate of drug-likeness (QED) is 0.385. The molecule has 3 heteroatoms. The summed E-state index contributed by atoms with van der Waals surface area (Å²) in [5.74, 6) is 0. The zero-order chi connectivity index (χ0) is 5.98. The van der Waals surface area contributed by atoms with Crippen LogP contribution in [0.4, 0.5) is 0 Å². The topological polar surface area (TPSA) is 0 Å². The Morgan fingerprint density at radius 2 is 1.70 bits per heavy atom. The molecule has 0 saturated heterocycles. The van der Waals surface area contributed by atoms with Crippen LogP contribution in [0.2, 0.25) is 0 Å². The van der Waals surface area contributed by atoms with Crippen molar-refractivity contribution in [2.45, 2.75) is 11.8 Å². The summed E-state index contributed by atoms with van der Waals surface area (Å²) in [6.45, 7) is 2.02. The maximum atomic E-state index is 4.95. The maximum Gasteiger partial charge on any atom is 2.00 e. The van der Waals surface area contributed by atoms with Gasteiger partial charge in [-0.1, -0.05) is 29.8 Å². The Bertz CT molecular complexity index is 170. The van der Waals surface area contributed by atoms with Crippen molar-refractivity contribution >= 4 is 35.7 Å². The molecule has 0 radical (unpaired) electrons. The summed E-state index contributed by atoms with van der Waals surface area (Å²) in [4.78, 5) is 0.951. The molecule has 0 aromatic heterocycles. The van der Waals surface area contributed by atoms with Crippen LogP contribution in [0, 0.1) is 6.92 Å². The first-order valence-electron chi connectivity index (χ1n) is 2.53. The van der Waals surface area contributed by atoms with Crippen LogP contribution in [0.25, 0.3) is 0 Å². The molecule has 0 fully saturated rings. The van der Waals surface area contributed by atoms with E-state index in [9.17, 15) is 0 Å². The van der Waals surface area contributed by atoms with Crippen LogP contribution in [-0.2, 0) is 12.6 Å². The molecule has 1 aromatic carbocycles. The third-order valence-corrected chi connectivity index (χ3v) is 1.55. The summed E-state index contributed by atoms with van der Waals surface area (Å²) in [5.41, 5.74) is 1.18. The van der Waals surface area contributed by atoms with Crippen molar-refractivity contribution in [3.8, 4) is 0 Å². The molecule has 50 valence electrons. The number of hydrogen-bond acceptors (Lipinski definition) is 1. The van der Waals surface area contributed by atoms with Crippen molar-refractivity contribution in [1.29, 1.82) is 0 Å². The minimum atomic E-state index is 0. The summed E-state index contributed by atoms with van der Waals surface area (Å²) in [7, 11) is 0. The molecule has 0 unspecified atom stereocenters. The monoisotopic (exact) mass is 226 g/mol. The second-order valence-electron chi connectivity index (χ2n) is 1.77. The van der Waals surface area contributed by atoms with E-state index in [0.717, 1.165) is 4.90 Å². The predicted octanol–water partition coefficient (Wildman–Crippen LogP) is -1.48. The second-order valence-corrected chi connectivity index (χ2v) is 2.21. The van der Waals surface area contributed by atoms with E-state index < -0.39 is 0 Å². The van der Waals surface area contributed by atoms with Crippen molar-refractivity contribution in [2.24, 2.45) is 0 Å². The zero-order valence-electron chi connectivity index (χ0n) is 5.80. The molecule has 1 rings (SSSR count). The molecule has 0 spiro atoms. The minimum Gasteiger partial charge on any atom is -1.00 e. The van der Waals surface area contributed by atoms with E-state index in [2.05, 4.69) is 0 Å². The largest absolute Gasteiger partial charge is 2.00 e. The molecule has 0 aliphatic rings. The van der Waals surface area contributed by atoms with Crippen LogP contribution in [0.1, 0.15) is 5.56 Å². The first-order chi connectivity index (χ1) is 3.80. The Balaban J connectivity index is 0. The van der Waals surface area contributed by atoms with Crippen LogP contribution < -0.4 is 17.0 Å². The third kappa shape index (κ3) is 3.76. The fourth-order valence-corrected chi connectivity index (χ4v) is 0.703. The van der Waals surface area contributed by atoms with Gasteiger partial charge in [0.05, 0.1) is 0 Å². The fraction of sp³-hybridized carbons (Fsp3) is 0.143. The van der Waals surface area contributed by atoms with Gasteiger partial charge in [0.15, 0.2) is 0 Å². The smallest absolute Gasteiger partial charge is 1.00 e. The summed E-state index contributed by atoms with van der Waals surface area (Å²) in [6.07, 6.45) is 0. The predicted molar refractivity (Wildman–Crippen MR) is 42.6 cm³/mol. The summed E-state index contributed by atoms with van der Waals surface area (Å²) < 4.78 is 0. The van der Waals surface area contributed by atoms with E-state index in [0.29, 0.717) is 0 Å². The molecule has 0 amide bonds. The maximum absolute atomic E-state index is 4.95. The van der Waals surface area contributed by atoms with Crippen molar-refractivity contribution in [2.75, 3.05) is 0 Å². The molecule has 1 aromatic rings. The summed E-state index contributed by atoms with van der Waals surface area (Å²) in [6, 6.07) is 7.90. The van der Waals surface area contributed by atoms with Crippen LogP contribution >= 0.6 is 0 Å². The summed E-state index contributed by atoms with van der Waals surface area (Å²) in [5, 5.41) is 0. The normalized spacial score (nSPS) is 7.30. The molecule has 0 aliphatic carbocycles. The molecular weight excluding hydrogens is 220 g/mol. The van der Waals surface area contributed by atoms with E-state index in [-0.39, 0.29) is 40.0 Å². The van der Waals surface area contributed by atoms with Gasteiger partial charge in [0, 0.05) is 0 Å². The average molecular weight is 227 g/mol. The molecule has 0 nitrogen and oxygen atoms in total. The van der Waals surface area contributed by atoms with Crippen molar-refractivity contribution in [3.63, 3.8) is 0 Å². The van der Waals surface area contributed by atoms with E-state index in [1.807, 2.05) is 31.2 Å². The molecule has 0 atom stereocenters. The number of halogens is 1. The average Bonchev–Trinajstić information content (AvgIpc) is 1.77. The van der Waals surface area contributed by atoms with E-state index >= 15 is 0 Å². The molecule has 0 aliphatic heterocycles. The van der Waals surface area contributed by atoms with Crippen molar-refractivity contribution in [3.05, 3.63) is 29.8 Å². The molecule has 0 bridgehead atoms. The Hall–Kier alpha value is 0.686. The number of hydrogen-bond donors (Lipinski definition) is 0. The fourth-order valence-electron chi connectivity index (χ4n) is 0.556. The van der Waals surface area contributed by atoms with Crippen LogP contribution in [0.15, 0.2) is 29.2 Å². The van der Waals surface area contributed by atoms with Crippen LogP contribution in [0.3, 0.4) is 0 Å². The third-order valence-electron chi connectivity index (χ3n) is 1.09. The van der Waals surface area contributed by atoms with Crippen LogP contribution in [0.5, 0.6) is 0 Å². The Labute approximate surface area is 93.7 Å². The van der Waals surface area contributed by atoms with Crippen molar-refractivity contribution in [1.82, 2.24) is 0 Å². The molecule has 0 heterocycles. The number of rotatable bonds is 0. The Kier molecular flexibility index (Phi) is 8.50. The van der Waals surface area contributed by atoms with Crippen molar-refractivity contribution < 1.29 is 17.0 Å². The molecular formula is C7H7BrMgS. The van der Waals surface area contributed by atoms with Gasteiger partial charge in [-0.05, 0) is 6.92 Å². The second kappa shape index (κ2) is 6.40. The van der Waals surface area contributed by atoms with Crippen LogP contribution in [-0.4, -0.2) is 23.1 Å². The van der Waals surface area contributed by atoms with Gasteiger partial charge in [-0.3, -0.25) is 0 Å². The molecule has 10 heavy (non-hydrogen) atoms. The zero-order valence-corrected chi connectivity index (χ0v) is 9.62. The van der Waals surface area contributed by atoms with E-state index in [1.54, 1.807) is 0 Å². The van der Waals surface area contributed by atoms with E-state index in [1.165, 1.54) is 5.56 Å². The number of aryl methyl sites for hydroxylation is 1. The standard InChI is InChI=1S/C7H8S.BrH.Mg/c1-6-4-2-3-5-7(6)8;;/h2-5,8H,1H3;1H;/q;;+2/p-2. The first-order valence-corrected chi connectivity index (χ1v) is 2.94. The summed E-state index contributed by atoms with van der Waals surface area (Å²) >= 11 is 4.95.